The van der Waals surface area contributed by atoms with Crippen LogP contribution in [0.1, 0.15) is 21.6 Å². The molecule has 0 bridgehead atoms. The number of carbonyl (C=O) groups is 1. The van der Waals surface area contributed by atoms with E-state index in [-0.39, 0.29) is 5.56 Å². The van der Waals surface area contributed by atoms with Gasteiger partial charge in [-0.3, -0.25) is 4.79 Å². The average molecular weight is 312 g/mol. The molecule has 1 heterocycles. The zero-order valence-electron chi connectivity index (χ0n) is 10.6. The Labute approximate surface area is 125 Å². The highest BCUT2D eigenvalue weighted by Gasteiger charge is 2.11. The van der Waals surface area contributed by atoms with Crippen molar-refractivity contribution in [3.8, 4) is 0 Å². The lowest BCUT2D eigenvalue weighted by molar-refractivity contribution is 0.0694. The predicted molar refractivity (Wildman–Crippen MR) is 78.0 cm³/mol. The smallest absolute Gasteiger partial charge is 0.341 e. The fraction of sp³-hybridized carbons (Fsp3) is 0.143. The van der Waals surface area contributed by atoms with Crippen LogP contribution >= 0.6 is 23.2 Å². The molecule has 0 fully saturated rings. The van der Waals surface area contributed by atoms with Crippen LogP contribution in [0.25, 0.3) is 0 Å². The summed E-state index contributed by atoms with van der Waals surface area (Å²) in [5.74, 6) is -1.25. The molecular formula is C14H11Cl2NO3. The molecule has 1 N–H and O–H groups in total. The van der Waals surface area contributed by atoms with Gasteiger partial charge >= 0.3 is 5.97 Å². The molecular weight excluding hydrogens is 301 g/mol. The number of hydrogen-bond donors (Lipinski definition) is 1. The molecule has 0 atom stereocenters. The molecule has 6 heteroatoms. The lowest BCUT2D eigenvalue weighted by atomic mass is 10.2. The van der Waals surface area contributed by atoms with Crippen LogP contribution in [-0.2, 0) is 6.54 Å². The van der Waals surface area contributed by atoms with Crippen LogP contribution in [0.5, 0.6) is 0 Å². The Hall–Kier alpha value is -1.78. The first-order valence-electron chi connectivity index (χ1n) is 5.77. The second-order valence-electron chi connectivity index (χ2n) is 4.36. The number of carboxylic acids is 1. The highest BCUT2D eigenvalue weighted by molar-refractivity contribution is 6.33. The number of carboxylic acid groups (broad SMARTS) is 1. The number of halogens is 2. The largest absolute Gasteiger partial charge is 0.477 e. The van der Waals surface area contributed by atoms with E-state index < -0.39 is 11.4 Å². The molecule has 0 saturated carbocycles. The zero-order valence-corrected chi connectivity index (χ0v) is 12.1. The molecule has 4 nitrogen and oxygen atoms in total. The Morgan fingerprint density at radius 2 is 2.00 bits per heavy atom. The second-order valence-corrected chi connectivity index (χ2v) is 5.21. The van der Waals surface area contributed by atoms with Gasteiger partial charge in [0.2, 0.25) is 0 Å². The van der Waals surface area contributed by atoms with Gasteiger partial charge in [-0.1, -0.05) is 23.2 Å². The van der Waals surface area contributed by atoms with Gasteiger partial charge in [-0.15, -0.1) is 0 Å². The van der Waals surface area contributed by atoms with Crippen molar-refractivity contribution >= 4 is 29.2 Å². The summed E-state index contributed by atoms with van der Waals surface area (Å²) in [5.41, 5.74) is 0.621. The van der Waals surface area contributed by atoms with Crippen LogP contribution in [0.15, 0.2) is 35.3 Å². The molecule has 0 radical (unpaired) electrons. The zero-order chi connectivity index (χ0) is 14.9. The molecule has 0 aliphatic rings. The highest BCUT2D eigenvalue weighted by atomic mass is 35.5. The van der Waals surface area contributed by atoms with E-state index in [1.54, 1.807) is 29.7 Å². The Kier molecular flexibility index (Phi) is 4.16. The first kappa shape index (κ1) is 14.6. The van der Waals surface area contributed by atoms with Crippen LogP contribution in [-0.4, -0.2) is 15.6 Å². The fourth-order valence-corrected chi connectivity index (χ4v) is 2.22. The van der Waals surface area contributed by atoms with Gasteiger partial charge in [-0.25, -0.2) is 4.79 Å². The van der Waals surface area contributed by atoms with Crippen molar-refractivity contribution in [3.63, 3.8) is 0 Å². The first-order valence-corrected chi connectivity index (χ1v) is 6.52. The minimum atomic E-state index is -1.25. The summed E-state index contributed by atoms with van der Waals surface area (Å²) in [6, 6.07) is 6.35. The summed E-state index contributed by atoms with van der Waals surface area (Å²) in [6.45, 7) is 2.07. The SMILES string of the molecule is Cc1cc(=O)c(C(=O)O)cn1Cc1cc(Cl)ccc1Cl. The Bertz CT molecular complexity index is 738. The molecule has 0 saturated heterocycles. The van der Waals surface area contributed by atoms with Crippen molar-refractivity contribution in [1.29, 1.82) is 0 Å². The van der Waals surface area contributed by atoms with Crippen molar-refractivity contribution in [2.24, 2.45) is 0 Å². The maximum atomic E-state index is 11.6. The minimum absolute atomic E-state index is 0.270. The van der Waals surface area contributed by atoms with Gasteiger partial charge in [0.1, 0.15) is 5.56 Å². The van der Waals surface area contributed by atoms with Crippen LogP contribution < -0.4 is 5.43 Å². The van der Waals surface area contributed by atoms with E-state index in [2.05, 4.69) is 0 Å². The van der Waals surface area contributed by atoms with Crippen LogP contribution in [0, 0.1) is 6.92 Å². The molecule has 0 spiro atoms. The van der Waals surface area contributed by atoms with E-state index in [4.69, 9.17) is 28.3 Å². The predicted octanol–water partition coefficient (Wildman–Crippen LogP) is 3.21. The Balaban J connectivity index is 2.48. The van der Waals surface area contributed by atoms with Crippen molar-refractivity contribution in [2.45, 2.75) is 13.5 Å². The molecule has 0 aliphatic heterocycles. The summed E-state index contributed by atoms with van der Waals surface area (Å²) in [5, 5.41) is 10.1. The van der Waals surface area contributed by atoms with Crippen LogP contribution in [0.2, 0.25) is 10.0 Å². The van der Waals surface area contributed by atoms with E-state index in [1.807, 2.05) is 0 Å². The van der Waals surface area contributed by atoms with Crippen molar-refractivity contribution in [2.75, 3.05) is 0 Å². The number of benzene rings is 1. The third-order valence-corrected chi connectivity index (χ3v) is 3.53. The number of pyridine rings is 1. The summed E-state index contributed by atoms with van der Waals surface area (Å²) < 4.78 is 1.66. The lowest BCUT2D eigenvalue weighted by Gasteiger charge is -2.13. The van der Waals surface area contributed by atoms with Crippen LogP contribution in [0.3, 0.4) is 0 Å². The molecule has 2 rings (SSSR count). The summed E-state index contributed by atoms with van der Waals surface area (Å²) in [4.78, 5) is 22.6. The fourth-order valence-electron chi connectivity index (χ4n) is 1.85. The van der Waals surface area contributed by atoms with E-state index >= 15 is 0 Å². The first-order chi connectivity index (χ1) is 9.38. The molecule has 0 aliphatic carbocycles. The van der Waals surface area contributed by atoms with Crippen molar-refractivity contribution < 1.29 is 9.90 Å². The number of rotatable bonds is 3. The van der Waals surface area contributed by atoms with E-state index in [0.29, 0.717) is 22.3 Å². The summed E-state index contributed by atoms with van der Waals surface area (Å²) >= 11 is 12.0. The topological polar surface area (TPSA) is 59.3 Å². The number of aryl methyl sites for hydroxylation is 1. The van der Waals surface area contributed by atoms with Gasteiger partial charge in [0.25, 0.3) is 0 Å². The van der Waals surface area contributed by atoms with Crippen molar-refractivity contribution in [1.82, 2.24) is 4.57 Å². The quantitative estimate of drug-likeness (QED) is 0.947. The summed E-state index contributed by atoms with van der Waals surface area (Å²) in [7, 11) is 0. The van der Waals surface area contributed by atoms with Gasteiger partial charge in [0.05, 0.1) is 0 Å². The third kappa shape index (κ3) is 3.03. The Morgan fingerprint density at radius 3 is 2.65 bits per heavy atom. The van der Waals surface area contributed by atoms with Crippen molar-refractivity contribution in [3.05, 3.63) is 67.6 Å². The standard InChI is InChI=1S/C14H11Cl2NO3/c1-8-4-13(18)11(14(19)20)7-17(8)6-9-5-10(15)2-3-12(9)16/h2-5,7H,6H2,1H3,(H,19,20). The normalized spacial score (nSPS) is 10.6. The monoisotopic (exact) mass is 311 g/mol. The van der Waals surface area contributed by atoms with E-state index in [0.717, 1.165) is 5.56 Å². The maximum absolute atomic E-state index is 11.6. The molecule has 1 aromatic carbocycles. The summed E-state index contributed by atoms with van der Waals surface area (Å²) in [6.07, 6.45) is 1.32. The maximum Gasteiger partial charge on any atom is 0.341 e. The minimum Gasteiger partial charge on any atom is -0.477 e. The van der Waals surface area contributed by atoms with Gasteiger partial charge < -0.3 is 9.67 Å². The molecule has 104 valence electrons. The Morgan fingerprint density at radius 1 is 1.30 bits per heavy atom. The third-order valence-electron chi connectivity index (χ3n) is 2.92. The van der Waals surface area contributed by atoms with Gasteiger partial charge in [0, 0.05) is 34.5 Å². The number of aromatic carboxylic acids is 1. The molecule has 2 aromatic rings. The number of aromatic nitrogens is 1. The van der Waals surface area contributed by atoms with Gasteiger partial charge in [0.15, 0.2) is 5.43 Å². The van der Waals surface area contributed by atoms with E-state index in [9.17, 15) is 9.59 Å². The average Bonchev–Trinajstić information content (AvgIpc) is 2.36. The lowest BCUT2D eigenvalue weighted by Crippen LogP contribution is -2.19. The molecule has 0 unspecified atom stereocenters. The number of hydrogen-bond acceptors (Lipinski definition) is 2. The molecule has 0 amide bonds. The molecule has 20 heavy (non-hydrogen) atoms. The van der Waals surface area contributed by atoms with Gasteiger partial charge in [-0.05, 0) is 30.7 Å². The number of nitrogens with zero attached hydrogens (tertiary/aromatic N) is 1. The van der Waals surface area contributed by atoms with E-state index in [1.165, 1.54) is 12.3 Å². The molecule has 1 aromatic heterocycles. The van der Waals surface area contributed by atoms with Gasteiger partial charge in [-0.2, -0.15) is 0 Å². The van der Waals surface area contributed by atoms with Crippen LogP contribution in [0.4, 0.5) is 0 Å². The second kappa shape index (κ2) is 5.69. The highest BCUT2D eigenvalue weighted by Crippen LogP contribution is 2.21.